The molecule has 0 heterocycles. The minimum absolute atomic E-state index is 0.171. The molecular weight excluding hydrogens is 158 g/mol. The summed E-state index contributed by atoms with van der Waals surface area (Å²) in [6.07, 6.45) is 0.480. The number of hydrogen-bond acceptors (Lipinski definition) is 3. The molecule has 0 saturated heterocycles. The summed E-state index contributed by atoms with van der Waals surface area (Å²) in [5.74, 6) is -1.24. The Hall–Kier alpha value is -0.930. The summed E-state index contributed by atoms with van der Waals surface area (Å²) in [5.41, 5.74) is -0.306. The van der Waals surface area contributed by atoms with Gasteiger partial charge in [0.2, 0.25) is 0 Å². The molecule has 0 aromatic heterocycles. The molecule has 0 aliphatic rings. The monoisotopic (exact) mass is 173 g/mol. The fourth-order valence-corrected chi connectivity index (χ4v) is 1.16. The highest BCUT2D eigenvalue weighted by atomic mass is 16.4. The van der Waals surface area contributed by atoms with E-state index in [0.717, 1.165) is 0 Å². The topological polar surface area (TPSA) is 66.7 Å². The molecule has 12 heavy (non-hydrogen) atoms. The minimum atomic E-state index is -0.825. The average molecular weight is 173 g/mol. The number of carboxylic acids is 1. The van der Waals surface area contributed by atoms with Gasteiger partial charge in [-0.05, 0) is 11.8 Å². The van der Waals surface area contributed by atoms with Crippen molar-refractivity contribution in [2.24, 2.45) is 16.5 Å². The van der Waals surface area contributed by atoms with Crippen molar-refractivity contribution in [2.45, 2.75) is 27.2 Å². The normalized spacial score (nSPS) is 13.9. The second-order valence-corrected chi connectivity index (χ2v) is 3.89. The van der Waals surface area contributed by atoms with Crippen LogP contribution in [0.25, 0.3) is 0 Å². The smallest absolute Gasteiger partial charge is 0.306 e. The van der Waals surface area contributed by atoms with E-state index in [2.05, 4.69) is 5.18 Å². The van der Waals surface area contributed by atoms with Crippen molar-refractivity contribution in [1.29, 1.82) is 0 Å². The van der Waals surface area contributed by atoms with Crippen LogP contribution in [0.5, 0.6) is 0 Å². The maximum atomic E-state index is 10.5. The molecule has 0 aliphatic carbocycles. The van der Waals surface area contributed by atoms with Crippen molar-refractivity contribution < 1.29 is 9.90 Å². The molecule has 0 aromatic carbocycles. The van der Waals surface area contributed by atoms with Gasteiger partial charge in [0.1, 0.15) is 0 Å². The van der Waals surface area contributed by atoms with Crippen LogP contribution in [-0.4, -0.2) is 17.6 Å². The summed E-state index contributed by atoms with van der Waals surface area (Å²) in [6.45, 7) is 5.49. The third kappa shape index (κ3) is 4.05. The molecular formula is C8H15NO3. The third-order valence-corrected chi connectivity index (χ3v) is 1.77. The Morgan fingerprint density at radius 2 is 2.08 bits per heavy atom. The van der Waals surface area contributed by atoms with Gasteiger partial charge in [0.15, 0.2) is 0 Å². The van der Waals surface area contributed by atoms with Crippen LogP contribution in [0.1, 0.15) is 27.2 Å². The van der Waals surface area contributed by atoms with E-state index < -0.39 is 11.9 Å². The molecule has 0 bridgehead atoms. The lowest BCUT2D eigenvalue weighted by molar-refractivity contribution is -0.142. The van der Waals surface area contributed by atoms with Gasteiger partial charge in [0.25, 0.3) is 0 Å². The molecule has 0 unspecified atom stereocenters. The first-order chi connectivity index (χ1) is 5.39. The van der Waals surface area contributed by atoms with Crippen LogP contribution in [0, 0.1) is 16.2 Å². The molecule has 0 aromatic rings. The number of carboxylic acid groups (broad SMARTS) is 1. The minimum Gasteiger partial charge on any atom is -0.481 e. The third-order valence-electron chi connectivity index (χ3n) is 1.77. The quantitative estimate of drug-likeness (QED) is 0.645. The van der Waals surface area contributed by atoms with E-state index in [9.17, 15) is 9.70 Å². The van der Waals surface area contributed by atoms with Crippen LogP contribution in [0.4, 0.5) is 0 Å². The zero-order valence-corrected chi connectivity index (χ0v) is 7.70. The molecule has 0 radical (unpaired) electrons. The van der Waals surface area contributed by atoms with Gasteiger partial charge in [-0.3, -0.25) is 4.79 Å². The lowest BCUT2D eigenvalue weighted by Gasteiger charge is -2.22. The first kappa shape index (κ1) is 11.1. The fraction of sp³-hybridized carbons (Fsp3) is 0.875. The molecule has 0 fully saturated rings. The predicted molar refractivity (Wildman–Crippen MR) is 45.9 cm³/mol. The predicted octanol–water partition coefficient (Wildman–Crippen LogP) is 1.89. The van der Waals surface area contributed by atoms with Crippen LogP contribution >= 0.6 is 0 Å². The van der Waals surface area contributed by atoms with E-state index in [-0.39, 0.29) is 12.0 Å². The van der Waals surface area contributed by atoms with Crippen molar-refractivity contribution in [2.75, 3.05) is 6.54 Å². The van der Waals surface area contributed by atoms with E-state index in [4.69, 9.17) is 5.11 Å². The van der Waals surface area contributed by atoms with Crippen LogP contribution in [0.15, 0.2) is 5.18 Å². The summed E-state index contributed by atoms with van der Waals surface area (Å²) in [4.78, 5) is 20.4. The van der Waals surface area contributed by atoms with Crippen LogP contribution < -0.4 is 0 Å². The number of nitroso groups, excluding NO2 is 1. The van der Waals surface area contributed by atoms with Gasteiger partial charge in [0.05, 0.1) is 12.5 Å². The van der Waals surface area contributed by atoms with Crippen molar-refractivity contribution in [3.8, 4) is 0 Å². The standard InChI is InChI=1S/C8H15NO3/c1-6(7(10)11)4-8(2,3)5-9-12/h6H,4-5H2,1-3H3,(H,10,11)/t6-/m0/s1. The van der Waals surface area contributed by atoms with E-state index in [1.165, 1.54) is 0 Å². The zero-order chi connectivity index (χ0) is 9.78. The Morgan fingerprint density at radius 1 is 1.58 bits per heavy atom. The largest absolute Gasteiger partial charge is 0.481 e. The first-order valence-corrected chi connectivity index (χ1v) is 3.91. The van der Waals surface area contributed by atoms with E-state index >= 15 is 0 Å². The Morgan fingerprint density at radius 3 is 2.42 bits per heavy atom. The van der Waals surface area contributed by atoms with Crippen molar-refractivity contribution in [3.05, 3.63) is 4.91 Å². The molecule has 1 atom stereocenters. The summed E-state index contributed by atoms with van der Waals surface area (Å²) in [6, 6.07) is 0. The molecule has 0 saturated carbocycles. The van der Waals surface area contributed by atoms with Crippen LogP contribution in [0.3, 0.4) is 0 Å². The Kier molecular flexibility index (Phi) is 3.86. The van der Waals surface area contributed by atoms with E-state index in [1.807, 2.05) is 13.8 Å². The maximum Gasteiger partial charge on any atom is 0.306 e. The van der Waals surface area contributed by atoms with Crippen molar-refractivity contribution >= 4 is 5.97 Å². The highest BCUT2D eigenvalue weighted by molar-refractivity contribution is 5.69. The summed E-state index contributed by atoms with van der Waals surface area (Å²) < 4.78 is 0. The highest BCUT2D eigenvalue weighted by Crippen LogP contribution is 2.25. The second-order valence-electron chi connectivity index (χ2n) is 3.89. The molecule has 4 heteroatoms. The number of aliphatic carboxylic acids is 1. The fourth-order valence-electron chi connectivity index (χ4n) is 1.16. The van der Waals surface area contributed by atoms with Gasteiger partial charge in [0, 0.05) is 0 Å². The molecule has 0 aliphatic heterocycles. The molecule has 4 nitrogen and oxygen atoms in total. The zero-order valence-electron chi connectivity index (χ0n) is 7.70. The number of carbonyl (C=O) groups is 1. The van der Waals surface area contributed by atoms with Crippen LogP contribution in [0.2, 0.25) is 0 Å². The average Bonchev–Trinajstić information content (AvgIpc) is 1.85. The molecule has 0 rings (SSSR count). The highest BCUT2D eigenvalue weighted by Gasteiger charge is 2.24. The Bertz CT molecular complexity index is 177. The Labute approximate surface area is 71.9 Å². The second kappa shape index (κ2) is 4.18. The van der Waals surface area contributed by atoms with E-state index in [0.29, 0.717) is 6.42 Å². The number of nitrogens with zero attached hydrogens (tertiary/aromatic N) is 1. The van der Waals surface area contributed by atoms with Crippen molar-refractivity contribution in [1.82, 2.24) is 0 Å². The van der Waals surface area contributed by atoms with E-state index in [1.54, 1.807) is 6.92 Å². The molecule has 0 amide bonds. The van der Waals surface area contributed by atoms with Gasteiger partial charge in [-0.25, -0.2) is 0 Å². The lowest BCUT2D eigenvalue weighted by Crippen LogP contribution is -2.23. The first-order valence-electron chi connectivity index (χ1n) is 3.91. The van der Waals surface area contributed by atoms with Crippen molar-refractivity contribution in [3.63, 3.8) is 0 Å². The van der Waals surface area contributed by atoms with Gasteiger partial charge >= 0.3 is 5.97 Å². The summed E-state index contributed by atoms with van der Waals surface area (Å²) in [5, 5.41) is 11.4. The van der Waals surface area contributed by atoms with Crippen LogP contribution in [-0.2, 0) is 4.79 Å². The van der Waals surface area contributed by atoms with Gasteiger partial charge < -0.3 is 5.11 Å². The summed E-state index contributed by atoms with van der Waals surface area (Å²) in [7, 11) is 0. The number of rotatable bonds is 5. The Balaban J connectivity index is 4.04. The SMILES string of the molecule is C[C@@H](CC(C)(C)CN=O)C(=O)O. The summed E-state index contributed by atoms with van der Waals surface area (Å²) >= 11 is 0. The maximum absolute atomic E-state index is 10.5. The van der Waals surface area contributed by atoms with Gasteiger partial charge in [-0.15, -0.1) is 0 Å². The van der Waals surface area contributed by atoms with Gasteiger partial charge in [-0.1, -0.05) is 25.9 Å². The number of hydrogen-bond donors (Lipinski definition) is 1. The molecule has 0 spiro atoms. The van der Waals surface area contributed by atoms with Gasteiger partial charge in [-0.2, -0.15) is 4.91 Å². The lowest BCUT2D eigenvalue weighted by atomic mass is 9.83. The molecule has 70 valence electrons. The molecule has 1 N–H and O–H groups in total.